The fourth-order valence-corrected chi connectivity index (χ4v) is 3.21. The number of hydrogen-bond donors (Lipinski definition) is 0. The summed E-state index contributed by atoms with van der Waals surface area (Å²) in [6, 6.07) is 5.52. The summed E-state index contributed by atoms with van der Waals surface area (Å²) in [5, 5.41) is 0. The van der Waals surface area contributed by atoms with E-state index in [0.717, 1.165) is 6.20 Å². The van der Waals surface area contributed by atoms with Crippen LogP contribution in [0.4, 0.5) is 27.6 Å². The van der Waals surface area contributed by atoms with Gasteiger partial charge in [0.25, 0.3) is 5.91 Å². The van der Waals surface area contributed by atoms with Crippen LogP contribution in [-0.4, -0.2) is 40.3 Å². The summed E-state index contributed by atoms with van der Waals surface area (Å²) in [4.78, 5) is 26.1. The van der Waals surface area contributed by atoms with Crippen LogP contribution in [0.1, 0.15) is 15.9 Å². The number of amides is 1. The molecule has 0 bridgehead atoms. The average Bonchev–Trinajstić information content (AvgIpc) is 3.09. The van der Waals surface area contributed by atoms with Crippen LogP contribution in [0.3, 0.4) is 0 Å². The summed E-state index contributed by atoms with van der Waals surface area (Å²) in [7, 11) is 0. The Morgan fingerprint density at radius 2 is 1.81 bits per heavy atom. The Hall–Kier alpha value is -3.83. The molecule has 0 aromatic carbocycles. The molecular formula is C20H13F5N4O3. The van der Waals surface area contributed by atoms with Crippen molar-refractivity contribution in [2.45, 2.75) is 19.3 Å². The molecule has 3 aromatic rings. The molecule has 0 atom stereocenters. The predicted octanol–water partition coefficient (Wildman–Crippen LogP) is 4.24. The van der Waals surface area contributed by atoms with Crippen molar-refractivity contribution in [2.75, 3.05) is 11.5 Å². The van der Waals surface area contributed by atoms with Crippen LogP contribution in [0.2, 0.25) is 0 Å². The van der Waals surface area contributed by atoms with Crippen molar-refractivity contribution in [3.05, 3.63) is 60.2 Å². The Bertz CT molecular complexity index is 1140. The zero-order chi connectivity index (χ0) is 22.9. The van der Waals surface area contributed by atoms with Gasteiger partial charge in [0.1, 0.15) is 5.75 Å². The predicted molar refractivity (Wildman–Crippen MR) is 100 cm³/mol. The molecule has 0 unspecified atom stereocenters. The standard InChI is InChI=1S/C20H13F5N4O3/c21-19(22)32-16-2-1-11(7-28-16)29-9-14-12(18(29)30)4-6-27-17(14)13-3-5-26-8-15(13)31-10-20(23,24)25/h1-8,19H,9-10H2. The van der Waals surface area contributed by atoms with Gasteiger partial charge < -0.3 is 14.4 Å². The molecule has 0 saturated carbocycles. The number of aromatic nitrogens is 3. The first-order valence-corrected chi connectivity index (χ1v) is 9.07. The molecule has 0 aliphatic carbocycles. The summed E-state index contributed by atoms with van der Waals surface area (Å²) in [6.07, 6.45) is 0.540. The van der Waals surface area contributed by atoms with Gasteiger partial charge in [-0.3, -0.25) is 14.8 Å². The first kappa shape index (κ1) is 21.4. The first-order valence-electron chi connectivity index (χ1n) is 9.07. The number of halogens is 5. The van der Waals surface area contributed by atoms with E-state index < -0.39 is 25.3 Å². The number of ether oxygens (including phenoxy) is 2. The second kappa shape index (κ2) is 8.36. The summed E-state index contributed by atoms with van der Waals surface area (Å²) >= 11 is 0. The van der Waals surface area contributed by atoms with Crippen molar-refractivity contribution in [3.8, 4) is 22.9 Å². The largest absolute Gasteiger partial charge is 0.482 e. The molecule has 4 rings (SSSR count). The van der Waals surface area contributed by atoms with Gasteiger partial charge in [-0.15, -0.1) is 0 Å². The minimum atomic E-state index is -4.54. The number of pyridine rings is 3. The highest BCUT2D eigenvalue weighted by molar-refractivity contribution is 6.11. The van der Waals surface area contributed by atoms with E-state index in [9.17, 15) is 26.7 Å². The van der Waals surface area contributed by atoms with E-state index in [0.29, 0.717) is 16.8 Å². The van der Waals surface area contributed by atoms with Crippen molar-refractivity contribution >= 4 is 11.6 Å². The molecule has 0 spiro atoms. The molecule has 12 heteroatoms. The lowest BCUT2D eigenvalue weighted by atomic mass is 10.0. The molecule has 166 valence electrons. The van der Waals surface area contributed by atoms with Gasteiger partial charge in [-0.1, -0.05) is 0 Å². The monoisotopic (exact) mass is 452 g/mol. The lowest BCUT2D eigenvalue weighted by Gasteiger charge is -2.16. The van der Waals surface area contributed by atoms with Gasteiger partial charge in [0.05, 0.1) is 30.3 Å². The highest BCUT2D eigenvalue weighted by atomic mass is 19.4. The molecule has 4 heterocycles. The normalized spacial score (nSPS) is 13.4. The van der Waals surface area contributed by atoms with Crippen LogP contribution in [-0.2, 0) is 6.54 Å². The summed E-state index contributed by atoms with van der Waals surface area (Å²) in [5.74, 6) is -0.843. The molecule has 0 fully saturated rings. The van der Waals surface area contributed by atoms with Crippen molar-refractivity contribution in [3.63, 3.8) is 0 Å². The average molecular weight is 452 g/mol. The van der Waals surface area contributed by atoms with Crippen molar-refractivity contribution < 1.29 is 36.2 Å². The Morgan fingerprint density at radius 1 is 1.03 bits per heavy atom. The lowest BCUT2D eigenvalue weighted by molar-refractivity contribution is -0.153. The van der Waals surface area contributed by atoms with E-state index in [4.69, 9.17) is 4.74 Å². The van der Waals surface area contributed by atoms with Gasteiger partial charge in [-0.05, 0) is 18.2 Å². The second-order valence-electron chi connectivity index (χ2n) is 6.59. The molecule has 7 nitrogen and oxygen atoms in total. The van der Waals surface area contributed by atoms with Gasteiger partial charge in [-0.25, -0.2) is 4.98 Å². The van der Waals surface area contributed by atoms with E-state index in [2.05, 4.69) is 19.7 Å². The molecule has 3 aromatic heterocycles. The zero-order valence-electron chi connectivity index (χ0n) is 16.0. The molecule has 1 aliphatic heterocycles. The van der Waals surface area contributed by atoms with Gasteiger partial charge in [0.15, 0.2) is 6.61 Å². The highest BCUT2D eigenvalue weighted by Crippen LogP contribution is 2.37. The topological polar surface area (TPSA) is 77.4 Å². The van der Waals surface area contributed by atoms with Gasteiger partial charge in [0, 0.05) is 35.2 Å². The van der Waals surface area contributed by atoms with Gasteiger partial charge in [-0.2, -0.15) is 22.0 Å². The highest BCUT2D eigenvalue weighted by Gasteiger charge is 2.33. The van der Waals surface area contributed by atoms with Crippen molar-refractivity contribution in [1.29, 1.82) is 0 Å². The third-order valence-corrected chi connectivity index (χ3v) is 4.52. The third-order valence-electron chi connectivity index (χ3n) is 4.52. The van der Waals surface area contributed by atoms with E-state index in [-0.39, 0.29) is 29.4 Å². The SMILES string of the molecule is O=C1c2ccnc(-c3ccncc3OCC(F)(F)F)c2CN1c1ccc(OC(F)F)nc1. The number of alkyl halides is 5. The van der Waals surface area contributed by atoms with Gasteiger partial charge in [0.2, 0.25) is 5.88 Å². The molecule has 32 heavy (non-hydrogen) atoms. The first-order chi connectivity index (χ1) is 15.2. The van der Waals surface area contributed by atoms with E-state index in [1.165, 1.54) is 47.8 Å². The van der Waals surface area contributed by atoms with Crippen LogP contribution >= 0.6 is 0 Å². The Labute approximate surface area is 177 Å². The molecule has 0 saturated heterocycles. The number of carbonyl (C=O) groups excluding carboxylic acids is 1. The van der Waals surface area contributed by atoms with Crippen LogP contribution in [0.5, 0.6) is 11.6 Å². The molecule has 1 amide bonds. The van der Waals surface area contributed by atoms with E-state index in [1.807, 2.05) is 0 Å². The maximum Gasteiger partial charge on any atom is 0.422 e. The van der Waals surface area contributed by atoms with Crippen molar-refractivity contribution in [1.82, 2.24) is 15.0 Å². The molecule has 0 N–H and O–H groups in total. The summed E-state index contributed by atoms with van der Waals surface area (Å²) in [5.41, 5.74) is 1.59. The fraction of sp³-hybridized carbons (Fsp3) is 0.200. The van der Waals surface area contributed by atoms with Crippen LogP contribution in [0.15, 0.2) is 49.1 Å². The fourth-order valence-electron chi connectivity index (χ4n) is 3.21. The summed E-state index contributed by atoms with van der Waals surface area (Å²) < 4.78 is 71.6. The quantitative estimate of drug-likeness (QED) is 0.521. The van der Waals surface area contributed by atoms with Gasteiger partial charge >= 0.3 is 12.8 Å². The minimum absolute atomic E-state index is 0.0368. The number of carbonyl (C=O) groups is 1. The number of fused-ring (bicyclic) bond motifs is 1. The van der Waals surface area contributed by atoms with E-state index >= 15 is 0 Å². The smallest absolute Gasteiger partial charge is 0.422 e. The van der Waals surface area contributed by atoms with E-state index in [1.54, 1.807) is 0 Å². The minimum Gasteiger partial charge on any atom is -0.482 e. The lowest BCUT2D eigenvalue weighted by Crippen LogP contribution is -2.23. The van der Waals surface area contributed by atoms with Crippen LogP contribution in [0.25, 0.3) is 11.3 Å². The second-order valence-corrected chi connectivity index (χ2v) is 6.59. The zero-order valence-corrected chi connectivity index (χ0v) is 16.0. The number of hydrogen-bond acceptors (Lipinski definition) is 6. The molecular weight excluding hydrogens is 439 g/mol. The molecule has 0 radical (unpaired) electrons. The Balaban J connectivity index is 1.65. The molecule has 1 aliphatic rings. The number of rotatable bonds is 6. The summed E-state index contributed by atoms with van der Waals surface area (Å²) in [6.45, 7) is -4.51. The Kier molecular flexibility index (Phi) is 5.59. The maximum absolute atomic E-state index is 12.9. The van der Waals surface area contributed by atoms with Crippen molar-refractivity contribution in [2.24, 2.45) is 0 Å². The van der Waals surface area contributed by atoms with Crippen LogP contribution in [0, 0.1) is 0 Å². The Morgan fingerprint density at radius 3 is 2.50 bits per heavy atom. The number of anilines is 1. The number of nitrogens with zero attached hydrogens (tertiary/aromatic N) is 4. The maximum atomic E-state index is 12.9. The van der Waals surface area contributed by atoms with Crippen LogP contribution < -0.4 is 14.4 Å². The third kappa shape index (κ3) is 4.43.